The fourth-order valence-electron chi connectivity index (χ4n) is 17.4. The molecule has 8 bridgehead atoms. The lowest BCUT2D eigenvalue weighted by molar-refractivity contribution is 0.0972. The van der Waals surface area contributed by atoms with Crippen LogP contribution in [0.15, 0.2) is 91.8 Å². The first-order valence-corrected chi connectivity index (χ1v) is 56.1. The van der Waals surface area contributed by atoms with E-state index in [1.165, 1.54) is 0 Å². The van der Waals surface area contributed by atoms with Crippen molar-refractivity contribution in [1.82, 2.24) is 0 Å². The summed E-state index contributed by atoms with van der Waals surface area (Å²) in [4.78, 5) is 0.292. The Hall–Kier alpha value is -9.40. The Kier molecular flexibility index (Phi) is 42.6. The number of aliphatic hydroxyl groups excluding tert-OH is 1. The van der Waals surface area contributed by atoms with Crippen molar-refractivity contribution in [2.75, 3.05) is 33.8 Å². The number of aliphatic hydroxyl groups is 5. The van der Waals surface area contributed by atoms with Gasteiger partial charge in [0.2, 0.25) is 27.2 Å². The normalized spacial score (nSPS) is 16.1. The quantitative estimate of drug-likeness (QED) is 0.0218. The molecule has 13 nitrogen and oxygen atoms in total. The van der Waals surface area contributed by atoms with Crippen molar-refractivity contribution < 1.29 is 63.4 Å². The Morgan fingerprint density at radius 2 is 0.426 bits per heavy atom. The molecule has 1 aliphatic carbocycles. The zero-order valence-corrected chi connectivity index (χ0v) is 101. The highest BCUT2D eigenvalue weighted by atomic mass is 79.9. The summed E-state index contributed by atoms with van der Waals surface area (Å²) < 4.78 is 60.8. The summed E-state index contributed by atoms with van der Waals surface area (Å²) in [7, 11) is 0. The summed E-state index contributed by atoms with van der Waals surface area (Å²) in [5.41, 5.74) is 20.4. The minimum atomic E-state index is -1.29. The monoisotopic (exact) mass is 2140 g/mol. The Labute approximate surface area is 911 Å². The lowest BCUT2D eigenvalue weighted by atomic mass is 9.74. The standard InChI is InChI=1S/C128H168O12.C5H10Br2O/c1-37-41-45-49-53-93-101-77-103-94(54-50-46-42-38-2)105-79-107-96(56-52-48-44-40-4)108-80-106-95(55-51-47-43-39-3)104-78-102(93)110-98(62-58-86(118(8,9)10)74-90(122(20,21)22)66-70-126(31,32)130)112(104)136-83-138-114(106)100(64-60-88(120(14,15)16)76-92(124(26,27)28)68-72-128(35,36)132)116(108)140-84-139-115(107)99(63-59-87(119(11,12)13)75-91(123(23,24)25)67-71-127(33,34)131)113(105)137-82-135-111(103)97(109(101)133-81-134-110)61-57-85(117(5,6)7)73-89(121(17,18)19)65-69-125(29,30)129;1-4(6)5(2,7)3-8/h77-80,93-96,129-132H,37-56,81-84H2,1-36H3;4,8H,3H2,1-2H3/t;4-,5-/m.0/s1. The summed E-state index contributed by atoms with van der Waals surface area (Å²) in [6.45, 7) is 76.6. The molecule has 2 atom stereocenters. The molecule has 0 fully saturated rings. The average Bonchev–Trinajstić information content (AvgIpc) is 0.716. The summed E-state index contributed by atoms with van der Waals surface area (Å²) in [5, 5.41) is 53.7. The Morgan fingerprint density at radius 3 is 0.547 bits per heavy atom. The van der Waals surface area contributed by atoms with Crippen LogP contribution in [-0.4, -0.2) is 90.9 Å². The maximum absolute atomic E-state index is 11.2. The highest BCUT2D eigenvalue weighted by Gasteiger charge is 2.44. The van der Waals surface area contributed by atoms with Crippen LogP contribution in [0.5, 0.6) is 46.0 Å². The van der Waals surface area contributed by atoms with Crippen LogP contribution in [0.3, 0.4) is 0 Å². The molecule has 0 saturated carbocycles. The van der Waals surface area contributed by atoms with E-state index >= 15 is 0 Å². The maximum Gasteiger partial charge on any atom is 0.231 e. The van der Waals surface area contributed by atoms with Gasteiger partial charge in [-0.3, -0.25) is 0 Å². The van der Waals surface area contributed by atoms with E-state index in [0.717, 1.165) is 147 Å². The average molecular weight is 2140 g/mol. The van der Waals surface area contributed by atoms with Gasteiger partial charge in [-0.1, -0.05) is 453 Å². The van der Waals surface area contributed by atoms with Crippen LogP contribution in [0.1, 0.15) is 482 Å². The predicted octanol–water partition coefficient (Wildman–Crippen LogP) is 31.9. The zero-order valence-electron chi connectivity index (χ0n) is 97.6. The SMILES string of the molecule is CCCCCCC1c2cc3c4c(C#CC(=C=C(C#CC(C)(C)O)C(C)(C)C)C(C)(C)C)c2OCOc2c1cc1c(c2C#CC(=C=C(C#CC(C)(C)O)C(C)(C)C)C(C)(C)C)OCOc2c(cc5c(c2C#CC(=C=C(C#CC(C)(C)O)C(C)(C)C)C(C)(C)C)OCOc2c(cc(c(c2C#CC(=C=C(C#CC(C)(C)O)C(C)(C)C)C(C)(C)C)OCO4)C3CCCCCC)C5CCCCCC)C1CCCCCC.C[C@H](Br)[C@@](C)(Br)CO. The number of benzene rings is 4. The van der Waals surface area contributed by atoms with Crippen LogP contribution in [0.25, 0.3) is 0 Å². The van der Waals surface area contributed by atoms with Crippen LogP contribution in [0, 0.1) is 138 Å². The molecule has 0 saturated heterocycles. The minimum absolute atomic E-state index is 0.152. The Balaban J connectivity index is 0.00000319. The van der Waals surface area contributed by atoms with E-state index in [4.69, 9.17) is 43.0 Å². The lowest BCUT2D eigenvalue weighted by Gasteiger charge is -2.36. The van der Waals surface area contributed by atoms with E-state index < -0.39 is 89.4 Å². The van der Waals surface area contributed by atoms with Gasteiger partial charge in [0, 0.05) is 116 Å². The van der Waals surface area contributed by atoms with E-state index in [1.807, 2.05) is 13.8 Å². The molecule has 4 aromatic carbocycles. The smallest absolute Gasteiger partial charge is 0.231 e. The van der Waals surface area contributed by atoms with Crippen molar-refractivity contribution in [2.45, 2.75) is 447 Å². The van der Waals surface area contributed by atoms with Crippen LogP contribution in [-0.2, 0) is 0 Å². The molecule has 0 amide bonds. The molecule has 0 radical (unpaired) electrons. The van der Waals surface area contributed by atoms with Gasteiger partial charge in [-0.15, -0.1) is 0 Å². The molecule has 0 unspecified atom stereocenters. The molecule has 0 spiro atoms. The van der Waals surface area contributed by atoms with Gasteiger partial charge in [0.25, 0.3) is 0 Å². The number of hydrogen-bond acceptors (Lipinski definition) is 13. The molecule has 4 heterocycles. The van der Waals surface area contributed by atoms with E-state index in [0.29, 0.717) is 143 Å². The van der Waals surface area contributed by atoms with Crippen molar-refractivity contribution in [1.29, 1.82) is 0 Å². The Bertz CT molecular complexity index is 5440. The molecular weight excluding hydrogens is 1970 g/mol. The van der Waals surface area contributed by atoms with E-state index in [2.05, 4.69) is 368 Å². The van der Waals surface area contributed by atoms with Gasteiger partial charge in [-0.05, 0) is 112 Å². The van der Waals surface area contributed by atoms with Crippen molar-refractivity contribution in [3.8, 4) is 141 Å². The second-order valence-corrected chi connectivity index (χ2v) is 54.6. The highest BCUT2D eigenvalue weighted by Crippen LogP contribution is 2.60. The van der Waals surface area contributed by atoms with Gasteiger partial charge in [0.1, 0.15) is 90.7 Å². The van der Waals surface area contributed by atoms with Gasteiger partial charge in [0.15, 0.2) is 0 Å². The first-order chi connectivity index (χ1) is 68.4. The van der Waals surface area contributed by atoms with Crippen LogP contribution in [0.4, 0.5) is 0 Å². The summed E-state index contributed by atoms with van der Waals surface area (Å²) in [5.74, 6) is 59.0. The molecule has 802 valence electrons. The number of alkyl halides is 2. The largest absolute Gasteiger partial charge is 0.456 e. The number of hydrogen-bond donors (Lipinski definition) is 5. The van der Waals surface area contributed by atoms with Gasteiger partial charge < -0.3 is 63.4 Å². The third-order valence-electron chi connectivity index (χ3n) is 26.5. The second-order valence-electron chi connectivity index (χ2n) is 51.4. The molecule has 5 aliphatic rings. The zero-order chi connectivity index (χ0) is 111. The van der Waals surface area contributed by atoms with E-state index in [9.17, 15) is 20.4 Å². The summed E-state index contributed by atoms with van der Waals surface area (Å²) in [6.07, 6.45) is 17.5. The van der Waals surface area contributed by atoms with E-state index in [-0.39, 0.29) is 38.1 Å². The van der Waals surface area contributed by atoms with Crippen LogP contribution >= 0.6 is 31.9 Å². The molecule has 0 aromatic heterocycles. The van der Waals surface area contributed by atoms with Crippen molar-refractivity contribution in [2.24, 2.45) is 43.3 Å². The van der Waals surface area contributed by atoms with Gasteiger partial charge in [-0.25, -0.2) is 0 Å². The Morgan fingerprint density at radius 1 is 0.270 bits per heavy atom. The van der Waals surface area contributed by atoms with Gasteiger partial charge >= 0.3 is 0 Å². The highest BCUT2D eigenvalue weighted by molar-refractivity contribution is 9.12. The van der Waals surface area contributed by atoms with Gasteiger partial charge in [-0.2, -0.15) is 0 Å². The molecule has 9 rings (SSSR count). The maximum atomic E-state index is 11.2. The molecule has 148 heavy (non-hydrogen) atoms. The summed E-state index contributed by atoms with van der Waals surface area (Å²) in [6, 6.07) is 9.61. The minimum Gasteiger partial charge on any atom is -0.456 e. The predicted molar refractivity (Wildman–Crippen MR) is 617 cm³/mol. The summed E-state index contributed by atoms with van der Waals surface area (Å²) >= 11 is 6.70. The van der Waals surface area contributed by atoms with Crippen molar-refractivity contribution in [3.05, 3.63) is 159 Å². The van der Waals surface area contributed by atoms with E-state index in [1.54, 1.807) is 55.4 Å². The number of ether oxygens (including phenoxy) is 8. The second kappa shape index (κ2) is 50.9. The number of halogens is 2. The van der Waals surface area contributed by atoms with Crippen molar-refractivity contribution >= 4 is 31.9 Å². The molecule has 4 aliphatic heterocycles. The number of rotatable bonds is 22. The topological polar surface area (TPSA) is 175 Å². The van der Waals surface area contributed by atoms with Crippen LogP contribution < -0.4 is 37.9 Å². The molecule has 4 aromatic rings. The lowest BCUT2D eigenvalue weighted by Crippen LogP contribution is -2.29. The third-order valence-corrected chi connectivity index (χ3v) is 29.1. The van der Waals surface area contributed by atoms with Crippen LogP contribution in [0.2, 0.25) is 0 Å². The molecular formula is C133H178Br2O13. The third kappa shape index (κ3) is 35.1. The van der Waals surface area contributed by atoms with Crippen molar-refractivity contribution in [3.63, 3.8) is 0 Å². The fraction of sp³-hybridized carbons (Fsp3) is 0.609. The fourth-order valence-corrected chi connectivity index (χ4v) is 17.5. The number of allylic oxidation sites excluding steroid dienone is 4. The number of unbranched alkanes of at least 4 members (excludes halogenated alkanes) is 12. The first-order valence-electron chi connectivity index (χ1n) is 54.4. The first kappa shape index (κ1) is 124. The van der Waals surface area contributed by atoms with Gasteiger partial charge in [0.05, 0.1) is 55.5 Å². The molecule has 5 N–H and O–H groups in total. The molecule has 15 heteroatoms.